The number of benzene rings is 2. The number of carbonyl (C=O) groups excluding carboxylic acids is 1. The van der Waals surface area contributed by atoms with E-state index in [-0.39, 0.29) is 36.0 Å². The maximum atomic E-state index is 13.8. The van der Waals surface area contributed by atoms with Gasteiger partial charge in [0.05, 0.1) is 11.8 Å². The van der Waals surface area contributed by atoms with Gasteiger partial charge in [-0.05, 0) is 24.3 Å². The minimum absolute atomic E-state index is 0.0159. The molecule has 0 saturated carbocycles. The second kappa shape index (κ2) is 7.67. The number of anilines is 1. The van der Waals surface area contributed by atoms with Crippen molar-refractivity contribution in [1.82, 2.24) is 4.98 Å². The number of halogens is 2. The third kappa shape index (κ3) is 3.80. The van der Waals surface area contributed by atoms with Gasteiger partial charge in [0.1, 0.15) is 24.8 Å². The highest BCUT2D eigenvalue weighted by molar-refractivity contribution is 5.91. The molecule has 1 amide bonds. The smallest absolute Gasteiger partial charge is 0.224 e. The predicted molar refractivity (Wildman–Crippen MR) is 96.2 cm³/mol. The Labute approximate surface area is 159 Å². The summed E-state index contributed by atoms with van der Waals surface area (Å²) in [6.07, 6.45) is 1.52. The fourth-order valence-corrected chi connectivity index (χ4v) is 2.84. The molecule has 0 atom stereocenters. The fraction of sp³-hybridized carbons (Fsp3) is 0.200. The molecule has 0 unspecified atom stereocenters. The molecule has 2 heterocycles. The van der Waals surface area contributed by atoms with Crippen LogP contribution in [0, 0.1) is 11.6 Å². The molecule has 1 aliphatic rings. The highest BCUT2D eigenvalue weighted by Gasteiger charge is 2.17. The number of oxazole rings is 1. The van der Waals surface area contributed by atoms with Crippen LogP contribution in [0.4, 0.5) is 14.5 Å². The number of aryl methyl sites for hydroxylation is 1. The van der Waals surface area contributed by atoms with Crippen LogP contribution in [0.3, 0.4) is 0 Å². The maximum Gasteiger partial charge on any atom is 0.224 e. The molecule has 144 valence electrons. The van der Waals surface area contributed by atoms with E-state index in [9.17, 15) is 13.6 Å². The molecule has 3 aromatic rings. The molecule has 6 nitrogen and oxygen atoms in total. The van der Waals surface area contributed by atoms with Crippen molar-refractivity contribution in [3.8, 4) is 22.8 Å². The van der Waals surface area contributed by atoms with Gasteiger partial charge in [-0.15, -0.1) is 0 Å². The van der Waals surface area contributed by atoms with E-state index in [1.165, 1.54) is 12.3 Å². The Morgan fingerprint density at radius 3 is 2.61 bits per heavy atom. The van der Waals surface area contributed by atoms with Gasteiger partial charge in [0.2, 0.25) is 5.91 Å². The van der Waals surface area contributed by atoms with Gasteiger partial charge < -0.3 is 19.2 Å². The first-order chi connectivity index (χ1) is 13.6. The number of ether oxygens (including phenoxy) is 2. The number of rotatable bonds is 5. The number of amides is 1. The molecule has 1 N–H and O–H groups in total. The monoisotopic (exact) mass is 386 g/mol. The molecule has 0 aliphatic carbocycles. The van der Waals surface area contributed by atoms with Crippen LogP contribution in [0.25, 0.3) is 11.3 Å². The summed E-state index contributed by atoms with van der Waals surface area (Å²) in [4.78, 5) is 16.2. The summed E-state index contributed by atoms with van der Waals surface area (Å²) in [5.41, 5.74) is 0.303. The number of fused-ring (bicyclic) bond motifs is 1. The number of nitrogens with one attached hydrogen (secondary N) is 1. The Balaban J connectivity index is 1.37. The number of carbonyl (C=O) groups is 1. The van der Waals surface area contributed by atoms with Crippen LogP contribution in [-0.4, -0.2) is 24.1 Å². The van der Waals surface area contributed by atoms with Gasteiger partial charge in [-0.2, -0.15) is 0 Å². The molecular formula is C20H16F2N2O4. The molecule has 8 heteroatoms. The van der Waals surface area contributed by atoms with Crippen LogP contribution in [0.2, 0.25) is 0 Å². The number of hydrogen-bond donors (Lipinski definition) is 1. The lowest BCUT2D eigenvalue weighted by atomic mass is 10.1. The van der Waals surface area contributed by atoms with Gasteiger partial charge in [-0.25, -0.2) is 13.8 Å². The van der Waals surface area contributed by atoms with E-state index in [0.29, 0.717) is 30.4 Å². The first-order valence-electron chi connectivity index (χ1n) is 8.69. The van der Waals surface area contributed by atoms with E-state index in [1.54, 1.807) is 18.2 Å². The first kappa shape index (κ1) is 18.0. The quantitative estimate of drug-likeness (QED) is 0.719. The standard InChI is InChI=1S/C20H16F2N2O4/c21-13-2-1-3-14(22)20(13)17-11-23-19(28-17)7-6-18(25)24-12-4-5-15-16(10-12)27-9-8-26-15/h1-5,10-11H,6-9H2,(H,24,25). The Hall–Kier alpha value is -3.42. The zero-order chi connectivity index (χ0) is 19.5. The summed E-state index contributed by atoms with van der Waals surface area (Å²) in [7, 11) is 0. The van der Waals surface area contributed by atoms with Gasteiger partial charge in [0.15, 0.2) is 23.1 Å². The Morgan fingerprint density at radius 2 is 1.82 bits per heavy atom. The second-order valence-electron chi connectivity index (χ2n) is 6.12. The fourth-order valence-electron chi connectivity index (χ4n) is 2.84. The molecule has 0 radical (unpaired) electrons. The van der Waals surface area contributed by atoms with E-state index < -0.39 is 11.6 Å². The topological polar surface area (TPSA) is 73.6 Å². The van der Waals surface area contributed by atoms with E-state index in [0.717, 1.165) is 12.1 Å². The van der Waals surface area contributed by atoms with Crippen LogP contribution in [0.15, 0.2) is 47.0 Å². The van der Waals surface area contributed by atoms with Crippen LogP contribution in [0.1, 0.15) is 12.3 Å². The molecule has 4 rings (SSSR count). The SMILES string of the molecule is O=C(CCc1ncc(-c2c(F)cccc2F)o1)Nc1ccc2c(c1)OCCO2. The Morgan fingerprint density at radius 1 is 1.07 bits per heavy atom. The Bertz CT molecular complexity index is 999. The van der Waals surface area contributed by atoms with E-state index >= 15 is 0 Å². The number of aromatic nitrogens is 1. The van der Waals surface area contributed by atoms with Crippen molar-refractivity contribution < 1.29 is 27.5 Å². The van der Waals surface area contributed by atoms with Crippen molar-refractivity contribution in [3.63, 3.8) is 0 Å². The molecule has 0 saturated heterocycles. The largest absolute Gasteiger partial charge is 0.486 e. The maximum absolute atomic E-state index is 13.8. The first-order valence-corrected chi connectivity index (χ1v) is 8.69. The lowest BCUT2D eigenvalue weighted by Gasteiger charge is -2.18. The van der Waals surface area contributed by atoms with Gasteiger partial charge >= 0.3 is 0 Å². The average Bonchev–Trinajstić information content (AvgIpc) is 3.15. The lowest BCUT2D eigenvalue weighted by molar-refractivity contribution is -0.116. The molecule has 0 fully saturated rings. The van der Waals surface area contributed by atoms with E-state index in [4.69, 9.17) is 13.9 Å². The van der Waals surface area contributed by atoms with Gasteiger partial charge in [-0.3, -0.25) is 4.79 Å². The third-order valence-corrected chi connectivity index (χ3v) is 4.15. The molecule has 1 aromatic heterocycles. The molecule has 0 spiro atoms. The zero-order valence-electron chi connectivity index (χ0n) is 14.7. The minimum Gasteiger partial charge on any atom is -0.486 e. The van der Waals surface area contributed by atoms with Crippen molar-refractivity contribution in [2.24, 2.45) is 0 Å². The van der Waals surface area contributed by atoms with Crippen molar-refractivity contribution in [2.45, 2.75) is 12.8 Å². The zero-order valence-corrected chi connectivity index (χ0v) is 14.7. The summed E-state index contributed by atoms with van der Waals surface area (Å²) in [5.74, 6) is -0.315. The predicted octanol–water partition coefficient (Wildman–Crippen LogP) is 3.96. The van der Waals surface area contributed by atoms with Gasteiger partial charge in [0.25, 0.3) is 0 Å². The highest BCUT2D eigenvalue weighted by Crippen LogP contribution is 2.32. The summed E-state index contributed by atoms with van der Waals surface area (Å²) < 4.78 is 43.9. The molecule has 28 heavy (non-hydrogen) atoms. The van der Waals surface area contributed by atoms with Crippen molar-refractivity contribution in [3.05, 3.63) is 60.1 Å². The van der Waals surface area contributed by atoms with Crippen LogP contribution in [-0.2, 0) is 11.2 Å². The second-order valence-corrected chi connectivity index (χ2v) is 6.12. The lowest BCUT2D eigenvalue weighted by Crippen LogP contribution is -2.16. The Kier molecular flexibility index (Phi) is 4.92. The number of hydrogen-bond acceptors (Lipinski definition) is 5. The van der Waals surface area contributed by atoms with Crippen molar-refractivity contribution in [1.29, 1.82) is 0 Å². The molecular weight excluding hydrogens is 370 g/mol. The van der Waals surface area contributed by atoms with Crippen LogP contribution >= 0.6 is 0 Å². The summed E-state index contributed by atoms with van der Waals surface area (Å²) in [6.45, 7) is 0.952. The average molecular weight is 386 g/mol. The van der Waals surface area contributed by atoms with Crippen LogP contribution in [0.5, 0.6) is 11.5 Å². The van der Waals surface area contributed by atoms with Crippen LogP contribution < -0.4 is 14.8 Å². The number of nitrogens with zero attached hydrogens (tertiary/aromatic N) is 1. The molecule has 0 bridgehead atoms. The normalized spacial score (nSPS) is 12.6. The molecule has 2 aromatic carbocycles. The van der Waals surface area contributed by atoms with E-state index in [2.05, 4.69) is 10.3 Å². The highest BCUT2D eigenvalue weighted by atomic mass is 19.1. The third-order valence-electron chi connectivity index (χ3n) is 4.15. The van der Waals surface area contributed by atoms with E-state index in [1.807, 2.05) is 0 Å². The van der Waals surface area contributed by atoms with Crippen molar-refractivity contribution in [2.75, 3.05) is 18.5 Å². The van der Waals surface area contributed by atoms with Gasteiger partial charge in [0, 0.05) is 24.6 Å². The summed E-state index contributed by atoms with van der Waals surface area (Å²) in [6, 6.07) is 8.69. The minimum atomic E-state index is -0.737. The van der Waals surface area contributed by atoms with Crippen molar-refractivity contribution >= 4 is 11.6 Å². The van der Waals surface area contributed by atoms with Gasteiger partial charge in [-0.1, -0.05) is 6.07 Å². The summed E-state index contributed by atoms with van der Waals surface area (Å²) >= 11 is 0. The molecule has 1 aliphatic heterocycles. The summed E-state index contributed by atoms with van der Waals surface area (Å²) in [5, 5.41) is 2.76.